The van der Waals surface area contributed by atoms with Gasteiger partial charge in [-0.15, -0.1) is 0 Å². The second-order valence-corrected chi connectivity index (χ2v) is 10.6. The minimum absolute atomic E-state index is 0.144. The Bertz CT molecular complexity index is 378. The SMILES string of the molecule is CC(C)CC(COC(C)(C)CCOC(C)CCNC=O)(CC(C)C)CC(C)C. The molecule has 4 heteroatoms. The highest BCUT2D eigenvalue weighted by atomic mass is 16.5. The van der Waals surface area contributed by atoms with Crippen LogP contribution >= 0.6 is 0 Å². The summed E-state index contributed by atoms with van der Waals surface area (Å²) in [5, 5.41) is 2.68. The molecular weight excluding hydrogens is 350 g/mol. The lowest BCUT2D eigenvalue weighted by molar-refractivity contribution is -0.109. The molecule has 0 fully saturated rings. The van der Waals surface area contributed by atoms with E-state index in [1.54, 1.807) is 0 Å². The predicted octanol–water partition coefficient (Wildman–Crippen LogP) is 5.84. The van der Waals surface area contributed by atoms with Crippen molar-refractivity contribution in [3.63, 3.8) is 0 Å². The lowest BCUT2D eigenvalue weighted by Crippen LogP contribution is -2.37. The normalized spacial score (nSPS) is 14.1. The number of rotatable bonds is 17. The topological polar surface area (TPSA) is 47.6 Å². The van der Waals surface area contributed by atoms with Gasteiger partial charge in [0.25, 0.3) is 0 Å². The summed E-state index contributed by atoms with van der Waals surface area (Å²) in [6.45, 7) is 22.6. The highest BCUT2D eigenvalue weighted by molar-refractivity contribution is 5.45. The molecule has 0 saturated heterocycles. The van der Waals surface area contributed by atoms with Crippen LogP contribution in [-0.2, 0) is 14.3 Å². The zero-order valence-electron chi connectivity index (χ0n) is 20.3. The first-order chi connectivity index (χ1) is 12.9. The van der Waals surface area contributed by atoms with Crippen molar-refractivity contribution in [1.29, 1.82) is 0 Å². The summed E-state index contributed by atoms with van der Waals surface area (Å²) in [5.74, 6) is 2.02. The first-order valence-corrected chi connectivity index (χ1v) is 11.3. The molecule has 1 unspecified atom stereocenters. The second-order valence-electron chi connectivity index (χ2n) is 10.6. The maximum absolute atomic E-state index is 10.3. The summed E-state index contributed by atoms with van der Waals surface area (Å²) < 4.78 is 12.5. The Morgan fingerprint density at radius 2 is 1.39 bits per heavy atom. The molecule has 0 aliphatic carbocycles. The maximum atomic E-state index is 10.3. The van der Waals surface area contributed by atoms with Crippen molar-refractivity contribution in [2.45, 2.75) is 106 Å². The number of hydrogen-bond acceptors (Lipinski definition) is 3. The van der Waals surface area contributed by atoms with E-state index < -0.39 is 0 Å². The number of nitrogens with one attached hydrogen (secondary N) is 1. The Morgan fingerprint density at radius 1 is 0.893 bits per heavy atom. The van der Waals surface area contributed by atoms with E-state index in [9.17, 15) is 4.79 Å². The van der Waals surface area contributed by atoms with Crippen molar-refractivity contribution in [1.82, 2.24) is 5.32 Å². The molecule has 4 nitrogen and oxygen atoms in total. The van der Waals surface area contributed by atoms with Gasteiger partial charge in [0, 0.05) is 13.2 Å². The third kappa shape index (κ3) is 13.5. The van der Waals surface area contributed by atoms with Gasteiger partial charge in [-0.05, 0) is 76.0 Å². The average Bonchev–Trinajstić information content (AvgIpc) is 2.51. The highest BCUT2D eigenvalue weighted by Gasteiger charge is 2.35. The van der Waals surface area contributed by atoms with E-state index in [2.05, 4.69) is 67.6 Å². The fraction of sp³-hybridized carbons (Fsp3) is 0.958. The molecule has 0 aromatic heterocycles. The van der Waals surface area contributed by atoms with Crippen molar-refractivity contribution in [2.24, 2.45) is 23.2 Å². The third-order valence-corrected chi connectivity index (χ3v) is 5.18. The van der Waals surface area contributed by atoms with E-state index in [4.69, 9.17) is 9.47 Å². The van der Waals surface area contributed by atoms with Crippen LogP contribution in [-0.4, -0.2) is 37.9 Å². The standard InChI is InChI=1S/C24H49NO3/c1-19(2)14-24(15-20(3)4,16-21(5)6)17-28-23(8,9)11-13-27-22(7)10-12-25-18-26/h18-22H,10-17H2,1-9H3,(H,25,26). The monoisotopic (exact) mass is 399 g/mol. The lowest BCUT2D eigenvalue weighted by Gasteiger charge is -2.41. The van der Waals surface area contributed by atoms with Crippen LogP contribution in [0.5, 0.6) is 0 Å². The van der Waals surface area contributed by atoms with Crippen LogP contribution in [0.2, 0.25) is 0 Å². The van der Waals surface area contributed by atoms with E-state index in [-0.39, 0.29) is 17.1 Å². The number of amides is 1. The van der Waals surface area contributed by atoms with Gasteiger partial charge in [-0.25, -0.2) is 0 Å². The van der Waals surface area contributed by atoms with Gasteiger partial charge in [0.15, 0.2) is 0 Å². The summed E-state index contributed by atoms with van der Waals surface area (Å²) in [5.41, 5.74) is 0.0549. The number of carbonyl (C=O) groups excluding carboxylic acids is 1. The van der Waals surface area contributed by atoms with E-state index in [0.717, 1.165) is 25.9 Å². The predicted molar refractivity (Wildman–Crippen MR) is 120 cm³/mol. The summed E-state index contributed by atoms with van der Waals surface area (Å²) in [6.07, 6.45) is 6.25. The molecule has 168 valence electrons. The molecule has 0 aliphatic heterocycles. The molecular formula is C24H49NO3. The molecule has 0 bridgehead atoms. The average molecular weight is 400 g/mol. The minimum Gasteiger partial charge on any atom is -0.378 e. The van der Waals surface area contributed by atoms with Gasteiger partial charge in [-0.3, -0.25) is 4.79 Å². The molecule has 0 aromatic carbocycles. The smallest absolute Gasteiger partial charge is 0.207 e. The fourth-order valence-electron chi connectivity index (χ4n) is 4.38. The molecule has 0 saturated carbocycles. The van der Waals surface area contributed by atoms with Gasteiger partial charge in [0.2, 0.25) is 6.41 Å². The van der Waals surface area contributed by atoms with Gasteiger partial charge < -0.3 is 14.8 Å². The van der Waals surface area contributed by atoms with Crippen LogP contribution in [0, 0.1) is 23.2 Å². The van der Waals surface area contributed by atoms with Crippen molar-refractivity contribution < 1.29 is 14.3 Å². The van der Waals surface area contributed by atoms with Crippen molar-refractivity contribution >= 4 is 6.41 Å². The number of carbonyl (C=O) groups is 1. The first-order valence-electron chi connectivity index (χ1n) is 11.3. The Balaban J connectivity index is 4.74. The first kappa shape index (κ1) is 27.4. The molecule has 28 heavy (non-hydrogen) atoms. The van der Waals surface area contributed by atoms with Crippen molar-refractivity contribution in [3.8, 4) is 0 Å². The van der Waals surface area contributed by atoms with Crippen LogP contribution < -0.4 is 5.32 Å². The minimum atomic E-state index is -0.197. The molecule has 0 spiro atoms. The van der Waals surface area contributed by atoms with Crippen molar-refractivity contribution in [2.75, 3.05) is 19.8 Å². The fourth-order valence-corrected chi connectivity index (χ4v) is 4.38. The number of ether oxygens (including phenoxy) is 2. The van der Waals surface area contributed by atoms with Gasteiger partial charge in [0.05, 0.1) is 18.3 Å². The Labute approximate surface area is 175 Å². The molecule has 1 N–H and O–H groups in total. The molecule has 0 aromatic rings. The highest BCUT2D eigenvalue weighted by Crippen LogP contribution is 2.41. The Kier molecular flexibility index (Phi) is 13.3. The zero-order valence-corrected chi connectivity index (χ0v) is 20.3. The van der Waals surface area contributed by atoms with Crippen molar-refractivity contribution in [3.05, 3.63) is 0 Å². The maximum Gasteiger partial charge on any atom is 0.207 e. The molecule has 0 radical (unpaired) electrons. The van der Waals surface area contributed by atoms with Crippen LogP contribution in [0.4, 0.5) is 0 Å². The molecule has 0 aliphatic rings. The summed E-state index contributed by atoms with van der Waals surface area (Å²) in [4.78, 5) is 10.3. The van der Waals surface area contributed by atoms with Crippen LogP contribution in [0.25, 0.3) is 0 Å². The molecule has 0 heterocycles. The quantitative estimate of drug-likeness (QED) is 0.247. The van der Waals surface area contributed by atoms with E-state index >= 15 is 0 Å². The number of hydrogen-bond donors (Lipinski definition) is 1. The van der Waals surface area contributed by atoms with Gasteiger partial charge in [-0.1, -0.05) is 41.5 Å². The third-order valence-electron chi connectivity index (χ3n) is 5.18. The summed E-state index contributed by atoms with van der Waals surface area (Å²) in [6, 6.07) is 0. The molecule has 1 atom stereocenters. The summed E-state index contributed by atoms with van der Waals surface area (Å²) >= 11 is 0. The Morgan fingerprint density at radius 3 is 1.82 bits per heavy atom. The van der Waals surface area contributed by atoms with E-state index in [0.29, 0.717) is 30.9 Å². The Hall–Kier alpha value is -0.610. The van der Waals surface area contributed by atoms with Gasteiger partial charge >= 0.3 is 0 Å². The van der Waals surface area contributed by atoms with Crippen LogP contribution in [0.1, 0.15) is 94.4 Å². The zero-order chi connectivity index (χ0) is 21.8. The van der Waals surface area contributed by atoms with E-state index in [1.165, 1.54) is 19.3 Å². The van der Waals surface area contributed by atoms with Crippen LogP contribution in [0.3, 0.4) is 0 Å². The van der Waals surface area contributed by atoms with E-state index in [1.807, 2.05) is 0 Å². The summed E-state index contributed by atoms with van der Waals surface area (Å²) in [7, 11) is 0. The van der Waals surface area contributed by atoms with Gasteiger partial charge in [-0.2, -0.15) is 0 Å². The molecule has 0 rings (SSSR count). The van der Waals surface area contributed by atoms with Gasteiger partial charge in [0.1, 0.15) is 0 Å². The molecule has 1 amide bonds. The second kappa shape index (κ2) is 13.6. The van der Waals surface area contributed by atoms with Crippen LogP contribution in [0.15, 0.2) is 0 Å². The lowest BCUT2D eigenvalue weighted by atomic mass is 9.70. The largest absolute Gasteiger partial charge is 0.378 e.